The smallest absolute Gasteiger partial charge is 0.281 e. The van der Waals surface area contributed by atoms with E-state index in [1.165, 1.54) is 4.68 Å². The third kappa shape index (κ3) is 2.65. The quantitative estimate of drug-likeness (QED) is 0.551. The van der Waals surface area contributed by atoms with Crippen molar-refractivity contribution < 1.29 is 4.74 Å². The van der Waals surface area contributed by atoms with Gasteiger partial charge in [-0.3, -0.25) is 4.79 Å². The van der Waals surface area contributed by atoms with Crippen LogP contribution in [0.3, 0.4) is 0 Å². The zero-order valence-electron chi connectivity index (χ0n) is 15.8. The molecule has 0 spiro atoms. The van der Waals surface area contributed by atoms with Crippen molar-refractivity contribution in [1.29, 1.82) is 5.26 Å². The molecule has 2 heterocycles. The molecule has 0 unspecified atom stereocenters. The second-order valence-electron chi connectivity index (χ2n) is 6.52. The molecule has 28 heavy (non-hydrogen) atoms. The summed E-state index contributed by atoms with van der Waals surface area (Å²) in [5.74, 6) is 0.748. The van der Waals surface area contributed by atoms with E-state index >= 15 is 0 Å². The van der Waals surface area contributed by atoms with Gasteiger partial charge in [0.25, 0.3) is 5.56 Å². The normalized spacial score (nSPS) is 10.8. The molecule has 0 aliphatic rings. The lowest BCUT2D eigenvalue weighted by Crippen LogP contribution is -2.21. The maximum Gasteiger partial charge on any atom is 0.281 e. The molecule has 138 valence electrons. The molecule has 0 saturated carbocycles. The lowest BCUT2D eigenvalue weighted by Gasteiger charge is -2.10. The van der Waals surface area contributed by atoms with Crippen LogP contribution in [0.4, 0.5) is 0 Å². The van der Waals surface area contributed by atoms with Gasteiger partial charge in [-0.1, -0.05) is 12.1 Å². The summed E-state index contributed by atoms with van der Waals surface area (Å²) in [6.45, 7) is 3.89. The molecule has 6 nitrogen and oxygen atoms in total. The topological polar surface area (TPSA) is 72.8 Å². The van der Waals surface area contributed by atoms with Crippen LogP contribution < -0.4 is 10.3 Å². The van der Waals surface area contributed by atoms with E-state index in [1.54, 1.807) is 37.6 Å². The van der Waals surface area contributed by atoms with Crippen molar-refractivity contribution in [2.75, 3.05) is 7.11 Å². The van der Waals surface area contributed by atoms with E-state index in [0.29, 0.717) is 16.6 Å². The van der Waals surface area contributed by atoms with Crippen molar-refractivity contribution in [3.63, 3.8) is 0 Å². The predicted molar refractivity (Wildman–Crippen MR) is 107 cm³/mol. The summed E-state index contributed by atoms with van der Waals surface area (Å²) in [7, 11) is 1.63. The number of rotatable bonds is 3. The first kappa shape index (κ1) is 17.6. The summed E-state index contributed by atoms with van der Waals surface area (Å²) in [6.07, 6.45) is 1.70. The molecule has 2 aromatic carbocycles. The lowest BCUT2D eigenvalue weighted by atomic mass is 10.2. The average molecular weight is 370 g/mol. The number of benzene rings is 2. The van der Waals surface area contributed by atoms with E-state index in [-0.39, 0.29) is 5.56 Å². The number of hydrogen-bond donors (Lipinski definition) is 0. The Kier molecular flexibility index (Phi) is 4.21. The average Bonchev–Trinajstić information content (AvgIpc) is 2.99. The maximum atomic E-state index is 13.2. The van der Waals surface area contributed by atoms with Gasteiger partial charge >= 0.3 is 0 Å². The highest BCUT2D eigenvalue weighted by atomic mass is 16.5. The number of hydrogen-bond acceptors (Lipinski definition) is 4. The summed E-state index contributed by atoms with van der Waals surface area (Å²) in [5.41, 5.74) is 3.52. The van der Waals surface area contributed by atoms with Gasteiger partial charge in [-0.25, -0.2) is 0 Å². The number of nitriles is 1. The molecule has 0 bridgehead atoms. The van der Waals surface area contributed by atoms with E-state index in [2.05, 4.69) is 11.2 Å². The fraction of sp³-hybridized carbons (Fsp3) is 0.136. The van der Waals surface area contributed by atoms with Crippen LogP contribution in [-0.2, 0) is 0 Å². The van der Waals surface area contributed by atoms with Gasteiger partial charge in [-0.2, -0.15) is 15.0 Å². The fourth-order valence-electron chi connectivity index (χ4n) is 3.59. The van der Waals surface area contributed by atoms with Gasteiger partial charge in [-0.15, -0.1) is 0 Å². The van der Waals surface area contributed by atoms with E-state index < -0.39 is 0 Å². The number of ether oxygens (including phenoxy) is 1. The SMILES string of the molecule is COc1cccc(-n2c(C)c3cnn(-c4cccc(C#N)c4)c(=O)c3c2C)c1. The van der Waals surface area contributed by atoms with Crippen LogP contribution in [0.15, 0.2) is 59.5 Å². The van der Waals surface area contributed by atoms with Crippen LogP contribution >= 0.6 is 0 Å². The molecule has 4 aromatic rings. The summed E-state index contributed by atoms with van der Waals surface area (Å²) < 4.78 is 8.71. The molecule has 2 aromatic heterocycles. The van der Waals surface area contributed by atoms with Gasteiger partial charge in [-0.05, 0) is 44.2 Å². The number of nitrogens with zero attached hydrogens (tertiary/aromatic N) is 4. The molecule has 0 aliphatic carbocycles. The summed E-state index contributed by atoms with van der Waals surface area (Å²) >= 11 is 0. The minimum atomic E-state index is -0.213. The van der Waals surface area contributed by atoms with Gasteiger partial charge < -0.3 is 9.30 Å². The molecule has 0 atom stereocenters. The standard InChI is InChI=1S/C22H18N4O2/c1-14-20-13-24-26(18-8-4-6-16(10-18)12-23)22(27)21(20)15(2)25(14)17-7-5-9-19(11-17)28-3/h4-11,13H,1-3H3. The van der Waals surface area contributed by atoms with E-state index in [1.807, 2.05) is 42.7 Å². The zero-order valence-corrected chi connectivity index (χ0v) is 15.8. The first-order valence-corrected chi connectivity index (χ1v) is 8.80. The number of fused-ring (bicyclic) bond motifs is 1. The van der Waals surface area contributed by atoms with E-state index in [9.17, 15) is 4.79 Å². The molecule has 4 rings (SSSR count). The first-order valence-electron chi connectivity index (χ1n) is 8.80. The van der Waals surface area contributed by atoms with Crippen molar-refractivity contribution in [3.05, 3.63) is 82.0 Å². The number of methoxy groups -OCH3 is 1. The Morgan fingerprint density at radius 2 is 1.79 bits per heavy atom. The van der Waals surface area contributed by atoms with Crippen molar-refractivity contribution in [3.8, 4) is 23.2 Å². The predicted octanol–water partition coefficient (Wildman–Crippen LogP) is 3.67. The number of aromatic nitrogens is 3. The molecule has 0 radical (unpaired) electrons. The Morgan fingerprint density at radius 3 is 2.54 bits per heavy atom. The van der Waals surface area contributed by atoms with Crippen molar-refractivity contribution >= 4 is 10.8 Å². The minimum absolute atomic E-state index is 0.213. The molecule has 0 N–H and O–H groups in total. The summed E-state index contributed by atoms with van der Waals surface area (Å²) in [5, 5.41) is 14.9. The Hall–Kier alpha value is -3.85. The molecule has 0 aliphatic heterocycles. The van der Waals surface area contributed by atoms with Crippen LogP contribution in [0.1, 0.15) is 17.0 Å². The van der Waals surface area contributed by atoms with E-state index in [4.69, 9.17) is 10.00 Å². The van der Waals surface area contributed by atoms with Crippen molar-refractivity contribution in [2.45, 2.75) is 13.8 Å². The Balaban J connectivity index is 1.98. The number of aryl methyl sites for hydroxylation is 2. The molecule has 0 saturated heterocycles. The van der Waals surface area contributed by atoms with E-state index in [0.717, 1.165) is 28.2 Å². The van der Waals surface area contributed by atoms with Gasteiger partial charge in [0.1, 0.15) is 5.75 Å². The second kappa shape index (κ2) is 6.71. The summed E-state index contributed by atoms with van der Waals surface area (Å²) in [6, 6.07) is 16.7. The van der Waals surface area contributed by atoms with Gasteiger partial charge in [0.15, 0.2) is 0 Å². The van der Waals surface area contributed by atoms with Crippen LogP contribution in [0.2, 0.25) is 0 Å². The third-order valence-corrected chi connectivity index (χ3v) is 4.93. The first-order chi connectivity index (χ1) is 13.5. The molecule has 0 fully saturated rings. The third-order valence-electron chi connectivity index (χ3n) is 4.93. The van der Waals surface area contributed by atoms with Crippen molar-refractivity contribution in [2.24, 2.45) is 0 Å². The highest BCUT2D eigenvalue weighted by Gasteiger charge is 2.18. The molecular weight excluding hydrogens is 352 g/mol. The van der Waals surface area contributed by atoms with Crippen LogP contribution in [0.5, 0.6) is 5.75 Å². The minimum Gasteiger partial charge on any atom is -0.497 e. The van der Waals surface area contributed by atoms with Gasteiger partial charge in [0, 0.05) is 28.5 Å². The van der Waals surface area contributed by atoms with Gasteiger partial charge in [0.2, 0.25) is 0 Å². The largest absolute Gasteiger partial charge is 0.497 e. The molecule has 6 heteroatoms. The van der Waals surface area contributed by atoms with Crippen LogP contribution in [0.25, 0.3) is 22.1 Å². The Morgan fingerprint density at radius 1 is 1.04 bits per heavy atom. The highest BCUT2D eigenvalue weighted by Crippen LogP contribution is 2.27. The van der Waals surface area contributed by atoms with Gasteiger partial charge in [0.05, 0.1) is 36.0 Å². The molecular formula is C22H18N4O2. The zero-order chi connectivity index (χ0) is 19.8. The van der Waals surface area contributed by atoms with Crippen LogP contribution in [0, 0.1) is 25.2 Å². The molecule has 0 amide bonds. The fourth-order valence-corrected chi connectivity index (χ4v) is 3.59. The monoisotopic (exact) mass is 370 g/mol. The Labute approximate surface area is 161 Å². The highest BCUT2D eigenvalue weighted by molar-refractivity contribution is 5.88. The Bertz CT molecular complexity index is 1310. The van der Waals surface area contributed by atoms with Crippen LogP contribution in [-0.4, -0.2) is 21.5 Å². The second-order valence-corrected chi connectivity index (χ2v) is 6.52. The van der Waals surface area contributed by atoms with Crippen molar-refractivity contribution in [1.82, 2.24) is 14.3 Å². The maximum absolute atomic E-state index is 13.2. The lowest BCUT2D eigenvalue weighted by molar-refractivity contribution is 0.414. The summed E-state index contributed by atoms with van der Waals surface area (Å²) in [4.78, 5) is 13.2.